The van der Waals surface area contributed by atoms with E-state index in [1.165, 1.54) is 25.7 Å². The first kappa shape index (κ1) is 75.4. The molecule has 0 heterocycles. The summed E-state index contributed by atoms with van der Waals surface area (Å²) in [6.07, 6.45) is 78.1. The monoisotopic (exact) mass is 1130 g/mol. The van der Waals surface area contributed by atoms with Crippen molar-refractivity contribution in [2.45, 2.75) is 238 Å². The molecule has 0 aliphatic heterocycles. The van der Waals surface area contributed by atoms with Crippen LogP contribution in [-0.2, 0) is 42.2 Å². The number of phosphoric ester groups is 1. The van der Waals surface area contributed by atoms with Crippen LogP contribution < -0.4 is 0 Å². The highest BCUT2D eigenvalue weighted by atomic mass is 31.2. The Labute approximate surface area is 486 Å². The first-order chi connectivity index (χ1) is 39.2. The molecule has 0 radical (unpaired) electrons. The number of esters is 3. The van der Waals surface area contributed by atoms with Gasteiger partial charge in [0.25, 0.3) is 0 Å². The van der Waals surface area contributed by atoms with Gasteiger partial charge in [0, 0.05) is 19.3 Å². The molecule has 0 aliphatic carbocycles. The second kappa shape index (κ2) is 60.5. The van der Waals surface area contributed by atoms with Gasteiger partial charge in [0.1, 0.15) is 12.7 Å². The van der Waals surface area contributed by atoms with Crippen molar-refractivity contribution in [3.8, 4) is 0 Å². The predicted octanol–water partition coefficient (Wildman–Crippen LogP) is 18.7. The van der Waals surface area contributed by atoms with Crippen LogP contribution in [0.15, 0.2) is 146 Å². The van der Waals surface area contributed by atoms with E-state index in [0.717, 1.165) is 135 Å². The maximum Gasteiger partial charge on any atom is 0.472 e. The quantitative estimate of drug-likeness (QED) is 0.0197. The second-order valence-electron chi connectivity index (χ2n) is 19.7. The number of aliphatic hydroxyl groups is 1. The third kappa shape index (κ3) is 58.0. The molecule has 0 fully saturated rings. The molecule has 0 aromatic heterocycles. The van der Waals surface area contributed by atoms with Crippen LogP contribution >= 0.6 is 7.82 Å². The molecule has 11 nitrogen and oxygen atoms in total. The molecule has 0 aromatic rings. The topological polar surface area (TPSA) is 155 Å². The van der Waals surface area contributed by atoms with Gasteiger partial charge in [0.2, 0.25) is 0 Å². The Balaban J connectivity index is 4.89. The molecule has 0 spiro atoms. The average molecular weight is 1130 g/mol. The van der Waals surface area contributed by atoms with Gasteiger partial charge in [-0.1, -0.05) is 224 Å². The van der Waals surface area contributed by atoms with E-state index in [2.05, 4.69) is 154 Å². The number of carbonyl (C=O) groups is 3. The first-order valence-electron chi connectivity index (χ1n) is 30.7. The lowest BCUT2D eigenvalue weighted by atomic mass is 10.1. The van der Waals surface area contributed by atoms with Crippen molar-refractivity contribution in [1.29, 1.82) is 0 Å². The van der Waals surface area contributed by atoms with Crippen LogP contribution in [0.2, 0.25) is 0 Å². The summed E-state index contributed by atoms with van der Waals surface area (Å²) in [4.78, 5) is 48.7. The van der Waals surface area contributed by atoms with Crippen molar-refractivity contribution >= 4 is 25.7 Å². The molecular formula is C68H109O11P. The van der Waals surface area contributed by atoms with E-state index >= 15 is 0 Å². The molecule has 80 heavy (non-hydrogen) atoms. The maximum atomic E-state index is 12.9. The summed E-state index contributed by atoms with van der Waals surface area (Å²) >= 11 is 0. The number of unbranched alkanes of at least 4 members (excludes halogenated alkanes) is 14. The molecule has 452 valence electrons. The maximum absolute atomic E-state index is 12.9. The molecule has 0 bridgehead atoms. The minimum atomic E-state index is -4.79. The highest BCUT2D eigenvalue weighted by Crippen LogP contribution is 2.43. The number of ether oxygens (including phenoxy) is 3. The SMILES string of the molecule is CC/C=C\C/C=C\C/C=C\C/C=C\C/C=C\C/C=C\CCC(=O)OC(COC(=O)CCCCCCCC/C=C\C/C=C\C/C=C\CCCCC)COP(=O)(O)OCC(CO)OC(=O)CCCCCCC/C=C\C/C=C\C/C=C\CC. The summed E-state index contributed by atoms with van der Waals surface area (Å²) in [6, 6.07) is 0. The van der Waals surface area contributed by atoms with Crippen molar-refractivity contribution in [2.75, 3.05) is 26.4 Å². The molecule has 12 heteroatoms. The van der Waals surface area contributed by atoms with Crippen molar-refractivity contribution < 1.29 is 52.2 Å². The summed E-state index contributed by atoms with van der Waals surface area (Å²) in [5.41, 5.74) is 0. The Bertz CT molecular complexity index is 1900. The lowest BCUT2D eigenvalue weighted by Gasteiger charge is -2.21. The van der Waals surface area contributed by atoms with Crippen molar-refractivity contribution in [2.24, 2.45) is 0 Å². The fourth-order valence-electron chi connectivity index (χ4n) is 7.64. The number of rotatable bonds is 55. The van der Waals surface area contributed by atoms with Crippen LogP contribution in [0.5, 0.6) is 0 Å². The average Bonchev–Trinajstić information content (AvgIpc) is 3.45. The van der Waals surface area contributed by atoms with Gasteiger partial charge in [0.15, 0.2) is 6.10 Å². The number of hydrogen-bond donors (Lipinski definition) is 2. The van der Waals surface area contributed by atoms with Gasteiger partial charge in [-0.3, -0.25) is 23.4 Å². The van der Waals surface area contributed by atoms with E-state index in [4.69, 9.17) is 23.3 Å². The minimum Gasteiger partial charge on any atom is -0.462 e. The molecule has 0 saturated carbocycles. The molecule has 3 atom stereocenters. The molecule has 0 aliphatic rings. The van der Waals surface area contributed by atoms with Crippen LogP contribution in [0.4, 0.5) is 0 Å². The highest BCUT2D eigenvalue weighted by Gasteiger charge is 2.28. The number of hydrogen-bond acceptors (Lipinski definition) is 10. The zero-order valence-electron chi connectivity index (χ0n) is 50.0. The van der Waals surface area contributed by atoms with Crippen molar-refractivity contribution in [3.63, 3.8) is 0 Å². The Hall–Kier alpha value is -4.64. The Morgan fingerprint density at radius 2 is 0.675 bits per heavy atom. The standard InChI is InChI=1S/C68H109O11P/c1-4-7-10-13-16-19-22-25-28-30-32-34-37-39-42-45-48-51-54-57-66(70)75-61-65(79-68(72)59-56-53-50-47-44-41-38-35-33-31-29-26-23-20-17-14-11-8-5-2)63-77-80(73,74)76-62-64(60-69)78-67(71)58-55-52-49-46-43-40-36-27-24-21-18-15-12-9-6-3/h8-9,11-12,16-21,25-29,32-36,41,44,50,53,64-65,69H,4-7,10,13-15,22-24,30-31,37-40,42-43,45-49,51-52,54-63H2,1-3H3,(H,73,74)/b11-8-,12-9-,19-16-,20-17-,21-18-,28-25-,29-26-,34-32-,35-33-,36-27-,44-41-,53-50-. The van der Waals surface area contributed by atoms with Crippen LogP contribution in [-0.4, -0.2) is 66.5 Å². The highest BCUT2D eigenvalue weighted by molar-refractivity contribution is 7.47. The lowest BCUT2D eigenvalue weighted by molar-refractivity contribution is -0.161. The fourth-order valence-corrected chi connectivity index (χ4v) is 8.42. The van der Waals surface area contributed by atoms with E-state index in [0.29, 0.717) is 25.7 Å². The molecular weight excluding hydrogens is 1020 g/mol. The zero-order valence-corrected chi connectivity index (χ0v) is 50.9. The largest absolute Gasteiger partial charge is 0.472 e. The number of phosphoric acid groups is 1. The van der Waals surface area contributed by atoms with Gasteiger partial charge in [-0.15, -0.1) is 0 Å². The van der Waals surface area contributed by atoms with Gasteiger partial charge in [0.05, 0.1) is 19.8 Å². The van der Waals surface area contributed by atoms with E-state index in [1.54, 1.807) is 0 Å². The first-order valence-corrected chi connectivity index (χ1v) is 32.2. The van der Waals surface area contributed by atoms with Crippen molar-refractivity contribution in [1.82, 2.24) is 0 Å². The van der Waals surface area contributed by atoms with E-state index < -0.39 is 57.8 Å². The summed E-state index contributed by atoms with van der Waals surface area (Å²) in [7, 11) is -4.79. The van der Waals surface area contributed by atoms with Gasteiger partial charge < -0.3 is 24.2 Å². The molecule has 0 rings (SSSR count). The zero-order chi connectivity index (χ0) is 58.3. The number of allylic oxidation sites excluding steroid dienone is 24. The van der Waals surface area contributed by atoms with Gasteiger partial charge in [-0.25, -0.2) is 4.57 Å². The Morgan fingerprint density at radius 1 is 0.362 bits per heavy atom. The third-order valence-electron chi connectivity index (χ3n) is 12.2. The summed E-state index contributed by atoms with van der Waals surface area (Å²) in [5.74, 6) is -1.61. The van der Waals surface area contributed by atoms with Gasteiger partial charge in [-0.05, 0) is 128 Å². The van der Waals surface area contributed by atoms with E-state index in [1.807, 2.05) is 12.2 Å². The van der Waals surface area contributed by atoms with Crippen LogP contribution in [0.3, 0.4) is 0 Å². The van der Waals surface area contributed by atoms with Crippen LogP contribution in [0, 0.1) is 0 Å². The predicted molar refractivity (Wildman–Crippen MR) is 334 cm³/mol. The number of aliphatic hydroxyl groups excluding tert-OH is 1. The minimum absolute atomic E-state index is 0.0299. The summed E-state index contributed by atoms with van der Waals surface area (Å²) in [5, 5.41) is 9.83. The lowest BCUT2D eigenvalue weighted by Crippen LogP contribution is -2.30. The Morgan fingerprint density at radius 3 is 1.07 bits per heavy atom. The molecule has 0 saturated heterocycles. The molecule has 0 amide bonds. The summed E-state index contributed by atoms with van der Waals surface area (Å²) < 4.78 is 39.5. The van der Waals surface area contributed by atoms with Gasteiger partial charge >= 0.3 is 25.7 Å². The smallest absolute Gasteiger partial charge is 0.462 e. The van der Waals surface area contributed by atoms with Gasteiger partial charge in [-0.2, -0.15) is 0 Å². The van der Waals surface area contributed by atoms with E-state index in [9.17, 15) is 28.9 Å². The molecule has 2 N–H and O–H groups in total. The molecule has 0 aromatic carbocycles. The number of carbonyl (C=O) groups excluding carboxylic acids is 3. The van der Waals surface area contributed by atoms with Crippen LogP contribution in [0.25, 0.3) is 0 Å². The summed E-state index contributed by atoms with van der Waals surface area (Å²) in [6.45, 7) is 4.26. The Kier molecular flexibility index (Phi) is 56.9. The normalized spacial score (nSPS) is 14.3. The molecule has 3 unspecified atom stereocenters. The third-order valence-corrected chi connectivity index (χ3v) is 13.2. The van der Waals surface area contributed by atoms with Crippen molar-refractivity contribution in [3.05, 3.63) is 146 Å². The van der Waals surface area contributed by atoms with Crippen LogP contribution in [0.1, 0.15) is 226 Å². The van der Waals surface area contributed by atoms with E-state index in [-0.39, 0.29) is 25.9 Å². The fraction of sp³-hybridized carbons (Fsp3) is 0.603. The second-order valence-corrected chi connectivity index (χ2v) is 21.2.